The normalized spacial score (nSPS) is 20.9. The second kappa shape index (κ2) is 6.83. The Balaban J connectivity index is 2.21. The van der Waals surface area contributed by atoms with Crippen LogP contribution in [-0.2, 0) is 4.79 Å². The Morgan fingerprint density at radius 2 is 2.20 bits per heavy atom. The Bertz CT molecular complexity index is 194. The molecule has 3 nitrogen and oxygen atoms in total. The van der Waals surface area contributed by atoms with E-state index >= 15 is 0 Å². The highest BCUT2D eigenvalue weighted by molar-refractivity contribution is 5.76. The minimum absolute atomic E-state index is 0.358. The summed E-state index contributed by atoms with van der Waals surface area (Å²) in [4.78, 5) is 14.0. The van der Waals surface area contributed by atoms with Crippen molar-refractivity contribution in [3.63, 3.8) is 0 Å². The average Bonchev–Trinajstić information content (AvgIpc) is 2.72. The molecule has 1 saturated heterocycles. The van der Waals surface area contributed by atoms with Crippen molar-refractivity contribution in [1.82, 2.24) is 4.90 Å². The van der Waals surface area contributed by atoms with E-state index in [2.05, 4.69) is 11.8 Å². The van der Waals surface area contributed by atoms with Gasteiger partial charge in [-0.3, -0.25) is 4.79 Å². The Hall–Kier alpha value is -0.570. The number of carbonyl (C=O) groups excluding carboxylic acids is 1. The molecular weight excluding hydrogens is 188 g/mol. The van der Waals surface area contributed by atoms with Crippen LogP contribution in [-0.4, -0.2) is 29.9 Å². The molecule has 0 saturated carbocycles. The predicted octanol–water partition coefficient (Wildman–Crippen LogP) is 1.91. The third kappa shape index (κ3) is 3.82. The first kappa shape index (κ1) is 12.5. The molecule has 1 rings (SSSR count). The third-order valence-corrected chi connectivity index (χ3v) is 3.26. The maximum absolute atomic E-state index is 11.9. The second-order valence-corrected chi connectivity index (χ2v) is 4.39. The van der Waals surface area contributed by atoms with Gasteiger partial charge in [0.2, 0.25) is 5.91 Å². The fraction of sp³-hybridized carbons (Fsp3) is 0.917. The maximum Gasteiger partial charge on any atom is 0.222 e. The number of hydrogen-bond donors (Lipinski definition) is 1. The molecule has 1 aliphatic heterocycles. The van der Waals surface area contributed by atoms with Gasteiger partial charge in [0.25, 0.3) is 0 Å². The lowest BCUT2D eigenvalue weighted by Crippen LogP contribution is -2.34. The van der Waals surface area contributed by atoms with Crippen molar-refractivity contribution < 1.29 is 4.79 Å². The first-order valence-corrected chi connectivity index (χ1v) is 6.29. The molecule has 88 valence electrons. The van der Waals surface area contributed by atoms with E-state index < -0.39 is 0 Å². The monoisotopic (exact) mass is 212 g/mol. The van der Waals surface area contributed by atoms with E-state index in [1.807, 2.05) is 0 Å². The van der Waals surface area contributed by atoms with Gasteiger partial charge in [0.15, 0.2) is 0 Å². The number of hydrogen-bond acceptors (Lipinski definition) is 2. The average molecular weight is 212 g/mol. The molecule has 15 heavy (non-hydrogen) atoms. The SMILES string of the molecule is CCC1CCCN1C(=O)CCCCCN. The van der Waals surface area contributed by atoms with Gasteiger partial charge >= 0.3 is 0 Å². The Morgan fingerprint density at radius 3 is 2.87 bits per heavy atom. The van der Waals surface area contributed by atoms with Crippen LogP contribution in [0, 0.1) is 0 Å². The minimum Gasteiger partial charge on any atom is -0.340 e. The molecule has 0 radical (unpaired) electrons. The first-order valence-electron chi connectivity index (χ1n) is 6.29. The molecule has 1 aliphatic rings. The first-order chi connectivity index (χ1) is 7.29. The van der Waals surface area contributed by atoms with Crippen molar-refractivity contribution in [3.8, 4) is 0 Å². The number of nitrogens with zero attached hydrogens (tertiary/aromatic N) is 1. The molecule has 0 aliphatic carbocycles. The number of unbranched alkanes of at least 4 members (excludes halogenated alkanes) is 2. The number of likely N-dealkylation sites (tertiary alicyclic amines) is 1. The molecule has 0 aromatic heterocycles. The number of amides is 1. The van der Waals surface area contributed by atoms with Crippen LogP contribution in [0.3, 0.4) is 0 Å². The van der Waals surface area contributed by atoms with E-state index in [-0.39, 0.29) is 0 Å². The number of rotatable bonds is 6. The minimum atomic E-state index is 0.358. The summed E-state index contributed by atoms with van der Waals surface area (Å²) in [6, 6.07) is 0.520. The van der Waals surface area contributed by atoms with E-state index in [1.54, 1.807) is 0 Å². The lowest BCUT2D eigenvalue weighted by atomic mass is 10.1. The summed E-state index contributed by atoms with van der Waals surface area (Å²) >= 11 is 0. The molecule has 3 heteroatoms. The standard InChI is InChI=1S/C12H24N2O/c1-2-11-7-6-10-14(11)12(15)8-4-3-5-9-13/h11H,2-10,13H2,1H3. The molecule has 0 aromatic rings. The molecule has 1 heterocycles. The van der Waals surface area contributed by atoms with Gasteiger partial charge < -0.3 is 10.6 Å². The molecule has 1 amide bonds. The van der Waals surface area contributed by atoms with Crippen LogP contribution >= 0.6 is 0 Å². The van der Waals surface area contributed by atoms with Crippen LogP contribution in [0.15, 0.2) is 0 Å². The topological polar surface area (TPSA) is 46.3 Å². The molecule has 1 unspecified atom stereocenters. The number of nitrogens with two attached hydrogens (primary N) is 1. The Kier molecular flexibility index (Phi) is 5.69. The highest BCUT2D eigenvalue weighted by atomic mass is 16.2. The summed E-state index contributed by atoms with van der Waals surface area (Å²) in [7, 11) is 0. The molecule has 1 atom stereocenters. The fourth-order valence-corrected chi connectivity index (χ4v) is 2.33. The van der Waals surface area contributed by atoms with Gasteiger partial charge in [-0.25, -0.2) is 0 Å². The van der Waals surface area contributed by atoms with Gasteiger partial charge in [0.1, 0.15) is 0 Å². The summed E-state index contributed by atoms with van der Waals surface area (Å²) in [6.07, 6.45) is 7.35. The highest BCUT2D eigenvalue weighted by Crippen LogP contribution is 2.21. The summed E-state index contributed by atoms with van der Waals surface area (Å²) < 4.78 is 0. The zero-order valence-electron chi connectivity index (χ0n) is 9.87. The van der Waals surface area contributed by atoms with Crippen LogP contribution in [0.2, 0.25) is 0 Å². The molecule has 0 spiro atoms. The fourth-order valence-electron chi connectivity index (χ4n) is 2.33. The molecule has 2 N–H and O–H groups in total. The smallest absolute Gasteiger partial charge is 0.222 e. The van der Waals surface area contributed by atoms with Gasteiger partial charge in [0, 0.05) is 19.0 Å². The number of carbonyl (C=O) groups is 1. The quantitative estimate of drug-likeness (QED) is 0.684. The summed E-state index contributed by atoms with van der Waals surface area (Å²) in [5, 5.41) is 0. The lowest BCUT2D eigenvalue weighted by molar-refractivity contribution is -0.132. The van der Waals surface area contributed by atoms with Gasteiger partial charge in [-0.05, 0) is 38.6 Å². The maximum atomic E-state index is 11.9. The Labute approximate surface area is 93.0 Å². The van der Waals surface area contributed by atoms with Gasteiger partial charge in [-0.1, -0.05) is 13.3 Å². The van der Waals surface area contributed by atoms with Crippen LogP contribution in [0.4, 0.5) is 0 Å². The molecular formula is C12H24N2O. The van der Waals surface area contributed by atoms with Crippen molar-refractivity contribution >= 4 is 5.91 Å². The Morgan fingerprint density at radius 1 is 1.40 bits per heavy atom. The largest absolute Gasteiger partial charge is 0.340 e. The molecule has 0 bridgehead atoms. The van der Waals surface area contributed by atoms with E-state index in [0.29, 0.717) is 11.9 Å². The molecule has 0 aromatic carbocycles. The van der Waals surface area contributed by atoms with Crippen LogP contribution in [0.25, 0.3) is 0 Å². The summed E-state index contributed by atoms with van der Waals surface area (Å²) in [5.74, 6) is 0.358. The van der Waals surface area contributed by atoms with Crippen molar-refractivity contribution in [3.05, 3.63) is 0 Å². The van der Waals surface area contributed by atoms with Gasteiger partial charge in [-0.15, -0.1) is 0 Å². The second-order valence-electron chi connectivity index (χ2n) is 4.39. The summed E-state index contributed by atoms with van der Waals surface area (Å²) in [6.45, 7) is 3.90. The van der Waals surface area contributed by atoms with Crippen LogP contribution in [0.5, 0.6) is 0 Å². The van der Waals surface area contributed by atoms with E-state index in [0.717, 1.165) is 45.2 Å². The van der Waals surface area contributed by atoms with Crippen molar-refractivity contribution in [2.75, 3.05) is 13.1 Å². The third-order valence-electron chi connectivity index (χ3n) is 3.26. The van der Waals surface area contributed by atoms with E-state index in [9.17, 15) is 4.79 Å². The van der Waals surface area contributed by atoms with Crippen molar-refractivity contribution in [2.45, 2.75) is 57.9 Å². The summed E-state index contributed by atoms with van der Waals surface area (Å²) in [5.41, 5.74) is 5.42. The zero-order chi connectivity index (χ0) is 11.1. The van der Waals surface area contributed by atoms with Crippen LogP contribution < -0.4 is 5.73 Å². The van der Waals surface area contributed by atoms with Crippen molar-refractivity contribution in [1.29, 1.82) is 0 Å². The van der Waals surface area contributed by atoms with Gasteiger partial charge in [-0.2, -0.15) is 0 Å². The van der Waals surface area contributed by atoms with E-state index in [4.69, 9.17) is 5.73 Å². The van der Waals surface area contributed by atoms with Crippen molar-refractivity contribution in [2.24, 2.45) is 5.73 Å². The van der Waals surface area contributed by atoms with E-state index in [1.165, 1.54) is 12.8 Å². The highest BCUT2D eigenvalue weighted by Gasteiger charge is 2.26. The lowest BCUT2D eigenvalue weighted by Gasteiger charge is -2.23. The van der Waals surface area contributed by atoms with Gasteiger partial charge in [0.05, 0.1) is 0 Å². The predicted molar refractivity (Wildman–Crippen MR) is 62.5 cm³/mol. The zero-order valence-corrected chi connectivity index (χ0v) is 9.87. The van der Waals surface area contributed by atoms with Crippen LogP contribution in [0.1, 0.15) is 51.9 Å². The molecule has 1 fully saturated rings.